The Kier molecular flexibility index (Phi) is 4.69. The second-order valence-corrected chi connectivity index (χ2v) is 6.80. The minimum Gasteiger partial charge on any atom is -0.385 e. The second-order valence-electron chi connectivity index (χ2n) is 6.80. The van der Waals surface area contributed by atoms with E-state index < -0.39 is 0 Å². The highest BCUT2D eigenvalue weighted by Gasteiger charge is 2.43. The first-order valence-electron chi connectivity index (χ1n) is 8.44. The standard InChI is InChI=1S/C16H29N3O2/c1-3-17-15(18-11-16(6-7-16)8-9-20-2)19-13-10-12-4-5-14(13)21-12/h12-14H,3-11H2,1-2H3,(H2,17,18,19). The molecule has 0 aromatic carbocycles. The molecule has 5 nitrogen and oxygen atoms in total. The lowest BCUT2D eigenvalue weighted by Crippen LogP contribution is -2.47. The smallest absolute Gasteiger partial charge is 0.191 e. The average molecular weight is 295 g/mol. The van der Waals surface area contributed by atoms with E-state index in [0.717, 1.165) is 38.5 Å². The van der Waals surface area contributed by atoms with Crippen LogP contribution in [-0.4, -0.2) is 51.0 Å². The van der Waals surface area contributed by atoms with E-state index in [1.807, 2.05) is 0 Å². The van der Waals surface area contributed by atoms with Crippen LogP contribution < -0.4 is 10.6 Å². The van der Waals surface area contributed by atoms with Crippen molar-refractivity contribution in [2.75, 3.05) is 26.8 Å². The number of rotatable bonds is 7. The Labute approximate surface area is 127 Å². The molecule has 1 saturated carbocycles. The Morgan fingerprint density at radius 2 is 2.24 bits per heavy atom. The average Bonchev–Trinajstić information content (AvgIpc) is 2.94. The number of guanidine groups is 1. The van der Waals surface area contributed by atoms with Gasteiger partial charge in [-0.2, -0.15) is 0 Å². The second kappa shape index (κ2) is 6.53. The maximum atomic E-state index is 5.91. The highest BCUT2D eigenvalue weighted by molar-refractivity contribution is 5.80. The summed E-state index contributed by atoms with van der Waals surface area (Å²) >= 11 is 0. The SMILES string of the molecule is CCNC(=NCC1(CCOC)CC1)NC1CC2CCC1O2. The van der Waals surface area contributed by atoms with E-state index in [4.69, 9.17) is 14.5 Å². The maximum absolute atomic E-state index is 5.91. The molecule has 5 heteroatoms. The predicted molar refractivity (Wildman–Crippen MR) is 83.6 cm³/mol. The van der Waals surface area contributed by atoms with Gasteiger partial charge in [-0.1, -0.05) is 0 Å². The number of hydrogen-bond donors (Lipinski definition) is 2. The Morgan fingerprint density at radius 3 is 2.81 bits per heavy atom. The van der Waals surface area contributed by atoms with Crippen molar-refractivity contribution in [3.8, 4) is 0 Å². The lowest BCUT2D eigenvalue weighted by molar-refractivity contribution is 0.0992. The summed E-state index contributed by atoms with van der Waals surface area (Å²) in [7, 11) is 1.78. The zero-order chi connectivity index (χ0) is 14.7. The number of aliphatic imine (C=N–C) groups is 1. The summed E-state index contributed by atoms with van der Waals surface area (Å²) in [5.74, 6) is 0.961. The lowest BCUT2D eigenvalue weighted by Gasteiger charge is -2.23. The van der Waals surface area contributed by atoms with Crippen LogP contribution in [0.4, 0.5) is 0 Å². The summed E-state index contributed by atoms with van der Waals surface area (Å²) < 4.78 is 11.1. The fourth-order valence-corrected chi connectivity index (χ4v) is 3.51. The molecule has 0 spiro atoms. The number of nitrogens with one attached hydrogen (secondary N) is 2. The van der Waals surface area contributed by atoms with E-state index >= 15 is 0 Å². The summed E-state index contributed by atoms with van der Waals surface area (Å²) in [6, 6.07) is 0.440. The monoisotopic (exact) mass is 295 g/mol. The van der Waals surface area contributed by atoms with Crippen LogP contribution in [0.25, 0.3) is 0 Å². The van der Waals surface area contributed by atoms with Crippen molar-refractivity contribution in [3.63, 3.8) is 0 Å². The molecule has 2 bridgehead atoms. The molecule has 0 aromatic rings. The van der Waals surface area contributed by atoms with Crippen molar-refractivity contribution in [1.82, 2.24) is 10.6 Å². The zero-order valence-corrected chi connectivity index (χ0v) is 13.4. The molecular formula is C16H29N3O2. The first-order chi connectivity index (χ1) is 10.2. The van der Waals surface area contributed by atoms with Crippen LogP contribution in [0, 0.1) is 5.41 Å². The van der Waals surface area contributed by atoms with E-state index in [1.165, 1.54) is 25.7 Å². The Bertz CT molecular complexity index is 382. The topological polar surface area (TPSA) is 54.9 Å². The molecule has 3 atom stereocenters. The van der Waals surface area contributed by atoms with Crippen LogP contribution in [-0.2, 0) is 9.47 Å². The third kappa shape index (κ3) is 3.69. The molecule has 3 rings (SSSR count). The van der Waals surface area contributed by atoms with Gasteiger partial charge in [0.05, 0.1) is 18.2 Å². The van der Waals surface area contributed by atoms with Crippen LogP contribution in [0.1, 0.15) is 45.4 Å². The van der Waals surface area contributed by atoms with Crippen molar-refractivity contribution < 1.29 is 9.47 Å². The van der Waals surface area contributed by atoms with E-state index in [9.17, 15) is 0 Å². The summed E-state index contributed by atoms with van der Waals surface area (Å²) in [5, 5.41) is 6.96. The van der Waals surface area contributed by atoms with Crippen LogP contribution in [0.3, 0.4) is 0 Å². The van der Waals surface area contributed by atoms with Gasteiger partial charge < -0.3 is 20.1 Å². The number of methoxy groups -OCH3 is 1. The number of fused-ring (bicyclic) bond motifs is 2. The molecule has 2 aliphatic heterocycles. The summed E-state index contributed by atoms with van der Waals surface area (Å²) in [6.45, 7) is 4.78. The van der Waals surface area contributed by atoms with Crippen molar-refractivity contribution >= 4 is 5.96 Å². The molecular weight excluding hydrogens is 266 g/mol. The Balaban J connectivity index is 1.52. The number of nitrogens with zero attached hydrogens (tertiary/aromatic N) is 1. The van der Waals surface area contributed by atoms with Crippen molar-refractivity contribution in [1.29, 1.82) is 0 Å². The van der Waals surface area contributed by atoms with Gasteiger partial charge in [-0.25, -0.2) is 0 Å². The van der Waals surface area contributed by atoms with Crippen molar-refractivity contribution in [3.05, 3.63) is 0 Å². The molecule has 1 aliphatic carbocycles. The molecule has 3 unspecified atom stereocenters. The molecule has 3 fully saturated rings. The van der Waals surface area contributed by atoms with Gasteiger partial charge in [0, 0.05) is 26.8 Å². The maximum Gasteiger partial charge on any atom is 0.191 e. The van der Waals surface area contributed by atoms with E-state index in [-0.39, 0.29) is 0 Å². The van der Waals surface area contributed by atoms with Gasteiger partial charge in [0.25, 0.3) is 0 Å². The van der Waals surface area contributed by atoms with Gasteiger partial charge in [0.1, 0.15) is 0 Å². The highest BCUT2D eigenvalue weighted by atomic mass is 16.5. The fourth-order valence-electron chi connectivity index (χ4n) is 3.51. The van der Waals surface area contributed by atoms with E-state index in [0.29, 0.717) is 23.7 Å². The molecule has 3 aliphatic rings. The molecule has 2 N–H and O–H groups in total. The number of ether oxygens (including phenoxy) is 2. The lowest BCUT2D eigenvalue weighted by atomic mass is 9.96. The first-order valence-corrected chi connectivity index (χ1v) is 8.44. The minimum atomic E-state index is 0.391. The molecule has 120 valence electrons. The number of hydrogen-bond acceptors (Lipinski definition) is 3. The molecule has 21 heavy (non-hydrogen) atoms. The summed E-state index contributed by atoms with van der Waals surface area (Å²) in [4.78, 5) is 4.83. The third-order valence-corrected chi connectivity index (χ3v) is 5.14. The zero-order valence-electron chi connectivity index (χ0n) is 13.4. The largest absolute Gasteiger partial charge is 0.385 e. The first kappa shape index (κ1) is 15.1. The van der Waals surface area contributed by atoms with Gasteiger partial charge >= 0.3 is 0 Å². The van der Waals surface area contributed by atoms with Crippen molar-refractivity contribution in [2.45, 2.75) is 63.7 Å². The third-order valence-electron chi connectivity index (χ3n) is 5.14. The molecule has 0 aromatic heterocycles. The van der Waals surface area contributed by atoms with Crippen LogP contribution >= 0.6 is 0 Å². The minimum absolute atomic E-state index is 0.391. The van der Waals surface area contributed by atoms with E-state index in [2.05, 4.69) is 17.6 Å². The quantitative estimate of drug-likeness (QED) is 0.554. The van der Waals surface area contributed by atoms with Gasteiger partial charge in [0.15, 0.2) is 5.96 Å². The van der Waals surface area contributed by atoms with E-state index in [1.54, 1.807) is 7.11 Å². The van der Waals surface area contributed by atoms with Gasteiger partial charge in [-0.05, 0) is 50.9 Å². The molecule has 0 radical (unpaired) electrons. The van der Waals surface area contributed by atoms with Gasteiger partial charge in [-0.15, -0.1) is 0 Å². The van der Waals surface area contributed by atoms with Crippen LogP contribution in [0.5, 0.6) is 0 Å². The summed E-state index contributed by atoms with van der Waals surface area (Å²) in [6.07, 6.45) is 8.13. The van der Waals surface area contributed by atoms with Gasteiger partial charge in [-0.3, -0.25) is 4.99 Å². The molecule has 2 saturated heterocycles. The molecule has 2 heterocycles. The van der Waals surface area contributed by atoms with Crippen LogP contribution in [0.2, 0.25) is 0 Å². The fraction of sp³-hybridized carbons (Fsp3) is 0.938. The van der Waals surface area contributed by atoms with Crippen molar-refractivity contribution in [2.24, 2.45) is 10.4 Å². The van der Waals surface area contributed by atoms with Crippen LogP contribution in [0.15, 0.2) is 4.99 Å². The highest BCUT2D eigenvalue weighted by Crippen LogP contribution is 2.49. The Hall–Kier alpha value is -0.810. The Morgan fingerprint density at radius 1 is 1.38 bits per heavy atom. The van der Waals surface area contributed by atoms with Gasteiger partial charge in [0.2, 0.25) is 0 Å². The predicted octanol–water partition coefficient (Wildman–Crippen LogP) is 1.68. The normalized spacial score (nSPS) is 33.2. The summed E-state index contributed by atoms with van der Waals surface area (Å²) in [5.41, 5.74) is 0.406. The molecule has 0 amide bonds.